The van der Waals surface area contributed by atoms with Crippen LogP contribution < -0.4 is 19.5 Å². The van der Waals surface area contributed by atoms with Crippen molar-refractivity contribution in [2.45, 2.75) is 0 Å². The summed E-state index contributed by atoms with van der Waals surface area (Å²) < 4.78 is 16.1. The molecule has 124 valence electrons. The van der Waals surface area contributed by atoms with Gasteiger partial charge in [0.05, 0.1) is 27.0 Å². The Hall–Kier alpha value is -2.66. The Morgan fingerprint density at radius 1 is 1.00 bits per heavy atom. The molecule has 0 unspecified atom stereocenters. The highest BCUT2D eigenvalue weighted by Gasteiger charge is 2.25. The molecule has 1 aliphatic heterocycles. The average Bonchev–Trinajstić information content (AvgIpc) is 2.88. The zero-order valence-electron chi connectivity index (χ0n) is 13.5. The zero-order valence-corrected chi connectivity index (χ0v) is 14.2. The number of carbonyl (C=O) groups is 1. The van der Waals surface area contributed by atoms with Gasteiger partial charge in [0.15, 0.2) is 11.5 Å². The maximum atomic E-state index is 12.3. The Balaban J connectivity index is 2.14. The number of nitrogens with one attached hydrogen (secondary N) is 1. The van der Waals surface area contributed by atoms with Crippen LogP contribution in [0.3, 0.4) is 0 Å². The zero-order chi connectivity index (χ0) is 17.3. The minimum atomic E-state index is -0.191. The van der Waals surface area contributed by atoms with Crippen LogP contribution in [0.4, 0.5) is 5.69 Å². The second-order valence-electron chi connectivity index (χ2n) is 5.13. The van der Waals surface area contributed by atoms with Gasteiger partial charge < -0.3 is 19.5 Å². The highest BCUT2D eigenvalue weighted by molar-refractivity contribution is 6.36. The SMILES string of the molecule is COc1ccc(/C=C2\C(=O)Nc3cc(Cl)ccc32)c(OC)c1OC. The first-order valence-corrected chi connectivity index (χ1v) is 7.58. The van der Waals surface area contributed by atoms with Gasteiger partial charge in [-0.05, 0) is 30.3 Å². The summed E-state index contributed by atoms with van der Waals surface area (Å²) in [6, 6.07) is 8.87. The van der Waals surface area contributed by atoms with Gasteiger partial charge in [-0.2, -0.15) is 0 Å². The number of ether oxygens (including phenoxy) is 3. The molecule has 5 nitrogen and oxygen atoms in total. The number of amides is 1. The molecule has 0 spiro atoms. The molecule has 2 aromatic carbocycles. The maximum Gasteiger partial charge on any atom is 0.256 e. The van der Waals surface area contributed by atoms with Gasteiger partial charge in [-0.1, -0.05) is 17.7 Å². The van der Waals surface area contributed by atoms with Crippen LogP contribution in [0, 0.1) is 0 Å². The monoisotopic (exact) mass is 345 g/mol. The normalized spacial score (nSPS) is 14.3. The Kier molecular flexibility index (Phi) is 4.36. The lowest BCUT2D eigenvalue weighted by Gasteiger charge is -2.14. The van der Waals surface area contributed by atoms with Crippen LogP contribution >= 0.6 is 11.6 Å². The van der Waals surface area contributed by atoms with Gasteiger partial charge in [0.2, 0.25) is 5.75 Å². The van der Waals surface area contributed by atoms with Crippen LogP contribution in [0.2, 0.25) is 5.02 Å². The molecule has 0 atom stereocenters. The Morgan fingerprint density at radius 3 is 2.42 bits per heavy atom. The van der Waals surface area contributed by atoms with Crippen molar-refractivity contribution in [3.8, 4) is 17.2 Å². The van der Waals surface area contributed by atoms with E-state index in [9.17, 15) is 4.79 Å². The number of methoxy groups -OCH3 is 3. The third kappa shape index (κ3) is 2.67. The van der Waals surface area contributed by atoms with Gasteiger partial charge in [-0.3, -0.25) is 4.79 Å². The van der Waals surface area contributed by atoms with Crippen LogP contribution in [0.25, 0.3) is 11.6 Å². The summed E-state index contributed by atoms with van der Waals surface area (Å²) in [5.41, 5.74) is 2.73. The van der Waals surface area contributed by atoms with Gasteiger partial charge in [-0.25, -0.2) is 0 Å². The van der Waals surface area contributed by atoms with E-state index in [4.69, 9.17) is 25.8 Å². The number of benzene rings is 2. The predicted molar refractivity (Wildman–Crippen MR) is 94.1 cm³/mol. The lowest BCUT2D eigenvalue weighted by Crippen LogP contribution is -2.04. The van der Waals surface area contributed by atoms with E-state index in [2.05, 4.69) is 5.32 Å². The number of halogens is 1. The highest BCUT2D eigenvalue weighted by atomic mass is 35.5. The minimum absolute atomic E-state index is 0.191. The minimum Gasteiger partial charge on any atom is -0.493 e. The molecule has 0 aliphatic carbocycles. The van der Waals surface area contributed by atoms with Gasteiger partial charge in [0.1, 0.15) is 0 Å². The van der Waals surface area contributed by atoms with E-state index >= 15 is 0 Å². The summed E-state index contributed by atoms with van der Waals surface area (Å²) in [5, 5.41) is 3.38. The standard InChI is InChI=1S/C18H16ClNO4/c1-22-15-7-4-10(16(23-2)17(15)24-3)8-13-12-6-5-11(19)9-14(12)20-18(13)21/h4-9H,1-3H3,(H,20,21)/b13-8-. The summed E-state index contributed by atoms with van der Waals surface area (Å²) in [4.78, 5) is 12.3. The van der Waals surface area contributed by atoms with E-state index < -0.39 is 0 Å². The van der Waals surface area contributed by atoms with Crippen LogP contribution in [0.5, 0.6) is 17.2 Å². The van der Waals surface area contributed by atoms with E-state index in [1.807, 2.05) is 12.1 Å². The van der Waals surface area contributed by atoms with Crippen molar-refractivity contribution >= 4 is 34.8 Å². The Bertz CT molecular complexity index is 845. The summed E-state index contributed by atoms with van der Waals surface area (Å²) in [6.45, 7) is 0. The number of hydrogen-bond donors (Lipinski definition) is 1. The van der Waals surface area contributed by atoms with E-state index in [0.29, 0.717) is 39.1 Å². The van der Waals surface area contributed by atoms with Crippen molar-refractivity contribution in [3.63, 3.8) is 0 Å². The molecule has 1 heterocycles. The molecule has 2 aromatic rings. The topological polar surface area (TPSA) is 56.8 Å². The second kappa shape index (κ2) is 6.45. The van der Waals surface area contributed by atoms with E-state index in [1.165, 1.54) is 7.11 Å². The van der Waals surface area contributed by atoms with E-state index in [0.717, 1.165) is 5.56 Å². The lowest BCUT2D eigenvalue weighted by molar-refractivity contribution is -0.110. The number of anilines is 1. The number of rotatable bonds is 4. The summed E-state index contributed by atoms with van der Waals surface area (Å²) in [6.07, 6.45) is 1.76. The van der Waals surface area contributed by atoms with E-state index in [1.54, 1.807) is 38.5 Å². The molecule has 1 aliphatic rings. The van der Waals surface area contributed by atoms with Crippen molar-refractivity contribution in [3.05, 3.63) is 46.5 Å². The molecule has 0 fully saturated rings. The molecular weight excluding hydrogens is 330 g/mol. The van der Waals surface area contributed by atoms with Gasteiger partial charge in [0.25, 0.3) is 5.91 Å². The van der Waals surface area contributed by atoms with Gasteiger partial charge in [0, 0.05) is 21.7 Å². The number of fused-ring (bicyclic) bond motifs is 1. The molecule has 24 heavy (non-hydrogen) atoms. The molecule has 1 amide bonds. The third-order valence-corrected chi connectivity index (χ3v) is 4.03. The molecule has 0 saturated carbocycles. The predicted octanol–water partition coefficient (Wildman–Crippen LogP) is 3.86. The van der Waals surface area contributed by atoms with Crippen molar-refractivity contribution in [1.82, 2.24) is 0 Å². The average molecular weight is 346 g/mol. The lowest BCUT2D eigenvalue weighted by atomic mass is 10.0. The van der Waals surface area contributed by atoms with Crippen molar-refractivity contribution in [2.24, 2.45) is 0 Å². The third-order valence-electron chi connectivity index (χ3n) is 3.80. The van der Waals surface area contributed by atoms with Crippen LogP contribution in [0.1, 0.15) is 11.1 Å². The smallest absolute Gasteiger partial charge is 0.256 e. The Morgan fingerprint density at radius 2 is 1.75 bits per heavy atom. The number of carbonyl (C=O) groups excluding carboxylic acids is 1. The van der Waals surface area contributed by atoms with Crippen LogP contribution in [-0.2, 0) is 4.79 Å². The Labute approximate surface area is 144 Å². The van der Waals surface area contributed by atoms with E-state index in [-0.39, 0.29) is 5.91 Å². The van der Waals surface area contributed by atoms with Crippen LogP contribution in [0.15, 0.2) is 30.3 Å². The number of hydrogen-bond acceptors (Lipinski definition) is 4. The highest BCUT2D eigenvalue weighted by Crippen LogP contribution is 2.42. The summed E-state index contributed by atoms with van der Waals surface area (Å²) in [5.74, 6) is 1.34. The summed E-state index contributed by atoms with van der Waals surface area (Å²) >= 11 is 5.98. The fraction of sp³-hybridized carbons (Fsp3) is 0.167. The molecule has 0 bridgehead atoms. The largest absolute Gasteiger partial charge is 0.493 e. The first-order chi connectivity index (χ1) is 11.6. The fourth-order valence-corrected chi connectivity index (χ4v) is 2.88. The molecule has 0 aromatic heterocycles. The molecule has 1 N–H and O–H groups in total. The maximum absolute atomic E-state index is 12.3. The first kappa shape index (κ1) is 16.2. The van der Waals surface area contributed by atoms with Crippen molar-refractivity contribution in [1.29, 1.82) is 0 Å². The quantitative estimate of drug-likeness (QED) is 0.855. The molecule has 3 rings (SSSR count). The summed E-state index contributed by atoms with van der Waals surface area (Å²) in [7, 11) is 4.64. The van der Waals surface area contributed by atoms with Gasteiger partial charge >= 0.3 is 0 Å². The molecular formula is C18H16ClNO4. The molecule has 6 heteroatoms. The van der Waals surface area contributed by atoms with Gasteiger partial charge in [-0.15, -0.1) is 0 Å². The molecule has 0 radical (unpaired) electrons. The van der Waals surface area contributed by atoms with Crippen molar-refractivity contribution < 1.29 is 19.0 Å². The first-order valence-electron chi connectivity index (χ1n) is 7.21. The van der Waals surface area contributed by atoms with Crippen molar-refractivity contribution in [2.75, 3.05) is 26.6 Å². The fourth-order valence-electron chi connectivity index (χ4n) is 2.70. The second-order valence-corrected chi connectivity index (χ2v) is 5.56. The van der Waals surface area contributed by atoms with Crippen LogP contribution in [-0.4, -0.2) is 27.2 Å². The molecule has 0 saturated heterocycles.